The molecule has 27 heavy (non-hydrogen) atoms. The Morgan fingerprint density at radius 3 is 2.44 bits per heavy atom. The van der Waals surface area contributed by atoms with Crippen LogP contribution in [0.2, 0.25) is 0 Å². The van der Waals surface area contributed by atoms with Crippen LogP contribution in [0.1, 0.15) is 27.9 Å². The smallest absolute Gasteiger partial charge is 0.337 e. The van der Waals surface area contributed by atoms with Gasteiger partial charge < -0.3 is 14.4 Å². The fourth-order valence-electron chi connectivity index (χ4n) is 3.10. The molecule has 1 saturated heterocycles. The van der Waals surface area contributed by atoms with Gasteiger partial charge in [0, 0.05) is 18.7 Å². The minimum Gasteiger partial charge on any atom is -0.465 e. The van der Waals surface area contributed by atoms with Crippen molar-refractivity contribution in [1.29, 1.82) is 0 Å². The topological polar surface area (TPSA) is 72.9 Å². The Hall–Kier alpha value is -3.15. The maximum absolute atomic E-state index is 12.5. The highest BCUT2D eigenvalue weighted by Crippen LogP contribution is 2.30. The number of carbonyl (C=O) groups excluding carboxylic acids is 3. The summed E-state index contributed by atoms with van der Waals surface area (Å²) in [6.45, 7) is 4.25. The molecule has 1 aliphatic heterocycles. The van der Waals surface area contributed by atoms with Crippen LogP contribution in [0.15, 0.2) is 42.5 Å². The highest BCUT2D eigenvalue weighted by Gasteiger charge is 2.37. The quantitative estimate of drug-likeness (QED) is 0.613. The first kappa shape index (κ1) is 18.6. The van der Waals surface area contributed by atoms with Crippen molar-refractivity contribution < 1.29 is 23.9 Å². The summed E-state index contributed by atoms with van der Waals surface area (Å²) in [7, 11) is 1.30. The van der Waals surface area contributed by atoms with Crippen molar-refractivity contribution >= 4 is 23.5 Å². The van der Waals surface area contributed by atoms with Crippen molar-refractivity contribution in [1.82, 2.24) is 0 Å². The SMILES string of the molecule is COC(=O)c1ccc(OC(=O)C2CC(=O)N(c3cccc(C)c3C)C2)cc1. The lowest BCUT2D eigenvalue weighted by molar-refractivity contribution is -0.139. The molecule has 0 saturated carbocycles. The number of amides is 1. The van der Waals surface area contributed by atoms with E-state index in [1.165, 1.54) is 31.4 Å². The molecule has 1 amide bonds. The van der Waals surface area contributed by atoms with Crippen LogP contribution in [-0.2, 0) is 14.3 Å². The van der Waals surface area contributed by atoms with Crippen molar-refractivity contribution in [2.75, 3.05) is 18.6 Å². The van der Waals surface area contributed by atoms with Gasteiger partial charge in [0.25, 0.3) is 0 Å². The van der Waals surface area contributed by atoms with Crippen molar-refractivity contribution in [2.24, 2.45) is 5.92 Å². The zero-order valence-electron chi connectivity index (χ0n) is 15.5. The third-order valence-corrected chi connectivity index (χ3v) is 4.82. The molecule has 0 bridgehead atoms. The van der Waals surface area contributed by atoms with E-state index < -0.39 is 17.9 Å². The van der Waals surface area contributed by atoms with Gasteiger partial charge in [-0.15, -0.1) is 0 Å². The van der Waals surface area contributed by atoms with E-state index in [0.717, 1.165) is 16.8 Å². The number of aryl methyl sites for hydroxylation is 1. The molecular weight excluding hydrogens is 346 g/mol. The number of nitrogens with zero attached hydrogens (tertiary/aromatic N) is 1. The van der Waals surface area contributed by atoms with Crippen LogP contribution in [0, 0.1) is 19.8 Å². The Balaban J connectivity index is 1.69. The molecule has 6 heteroatoms. The molecule has 1 fully saturated rings. The van der Waals surface area contributed by atoms with E-state index in [-0.39, 0.29) is 12.3 Å². The second-order valence-corrected chi connectivity index (χ2v) is 6.56. The van der Waals surface area contributed by atoms with Gasteiger partial charge in [0.1, 0.15) is 5.75 Å². The number of ether oxygens (including phenoxy) is 2. The summed E-state index contributed by atoms with van der Waals surface area (Å²) in [4.78, 5) is 38.0. The molecule has 0 spiro atoms. The predicted molar refractivity (Wildman–Crippen MR) is 99.8 cm³/mol. The molecule has 0 N–H and O–H groups in total. The largest absolute Gasteiger partial charge is 0.465 e. The summed E-state index contributed by atoms with van der Waals surface area (Å²) in [5.74, 6) is -1.21. The minimum absolute atomic E-state index is 0.0910. The Bertz CT molecular complexity index is 888. The summed E-state index contributed by atoms with van der Waals surface area (Å²) in [6.07, 6.45) is 0.118. The number of hydrogen-bond acceptors (Lipinski definition) is 5. The molecule has 2 aromatic rings. The molecule has 0 aromatic heterocycles. The fourth-order valence-corrected chi connectivity index (χ4v) is 3.10. The minimum atomic E-state index is -0.530. The molecule has 0 aliphatic carbocycles. The normalized spacial score (nSPS) is 16.3. The van der Waals surface area contributed by atoms with Gasteiger partial charge in [0.2, 0.25) is 5.91 Å². The lowest BCUT2D eigenvalue weighted by Gasteiger charge is -2.20. The Labute approximate surface area is 157 Å². The number of carbonyl (C=O) groups is 3. The zero-order valence-corrected chi connectivity index (χ0v) is 15.5. The molecule has 140 valence electrons. The molecule has 1 heterocycles. The maximum Gasteiger partial charge on any atom is 0.337 e. The van der Waals surface area contributed by atoms with Gasteiger partial charge in [0.15, 0.2) is 0 Å². The van der Waals surface area contributed by atoms with Gasteiger partial charge in [-0.25, -0.2) is 4.79 Å². The van der Waals surface area contributed by atoms with Crippen LogP contribution in [0.5, 0.6) is 5.75 Å². The number of rotatable bonds is 4. The highest BCUT2D eigenvalue weighted by molar-refractivity contribution is 6.00. The molecule has 0 radical (unpaired) electrons. The monoisotopic (exact) mass is 367 g/mol. The number of anilines is 1. The average Bonchev–Trinajstić information content (AvgIpc) is 3.05. The van der Waals surface area contributed by atoms with E-state index in [2.05, 4.69) is 4.74 Å². The number of esters is 2. The standard InChI is InChI=1S/C21H21NO5/c1-13-5-4-6-18(14(13)2)22-12-16(11-19(22)23)21(25)27-17-9-7-15(8-10-17)20(24)26-3/h4-10,16H,11-12H2,1-3H3. The number of hydrogen-bond donors (Lipinski definition) is 0. The van der Waals surface area contributed by atoms with Gasteiger partial charge in [-0.2, -0.15) is 0 Å². The van der Waals surface area contributed by atoms with Gasteiger partial charge in [-0.1, -0.05) is 12.1 Å². The van der Waals surface area contributed by atoms with E-state index in [1.54, 1.807) is 4.90 Å². The summed E-state index contributed by atoms with van der Waals surface area (Å²) >= 11 is 0. The fraction of sp³-hybridized carbons (Fsp3) is 0.286. The third-order valence-electron chi connectivity index (χ3n) is 4.82. The van der Waals surface area contributed by atoms with Crippen molar-refractivity contribution in [3.63, 3.8) is 0 Å². The predicted octanol–water partition coefficient (Wildman–Crippen LogP) is 3.05. The zero-order chi connectivity index (χ0) is 19.6. The summed E-state index contributed by atoms with van der Waals surface area (Å²) in [5.41, 5.74) is 3.32. The van der Waals surface area contributed by atoms with E-state index in [9.17, 15) is 14.4 Å². The lowest BCUT2D eigenvalue weighted by Crippen LogP contribution is -2.28. The van der Waals surface area contributed by atoms with Crippen LogP contribution >= 0.6 is 0 Å². The van der Waals surface area contributed by atoms with E-state index in [4.69, 9.17) is 4.74 Å². The third kappa shape index (κ3) is 3.84. The molecule has 1 unspecified atom stereocenters. The molecule has 1 atom stereocenters. The average molecular weight is 367 g/mol. The summed E-state index contributed by atoms with van der Waals surface area (Å²) in [6, 6.07) is 11.9. The van der Waals surface area contributed by atoms with Crippen molar-refractivity contribution in [2.45, 2.75) is 20.3 Å². The molecule has 1 aliphatic rings. The van der Waals surface area contributed by atoms with Crippen LogP contribution < -0.4 is 9.64 Å². The Kier molecular flexibility index (Phi) is 5.26. The molecule has 6 nitrogen and oxygen atoms in total. The Morgan fingerprint density at radius 1 is 1.07 bits per heavy atom. The van der Waals surface area contributed by atoms with Gasteiger partial charge in [0.05, 0.1) is 18.6 Å². The van der Waals surface area contributed by atoms with Gasteiger partial charge in [-0.05, 0) is 55.3 Å². The van der Waals surface area contributed by atoms with Crippen LogP contribution in [0.4, 0.5) is 5.69 Å². The van der Waals surface area contributed by atoms with Gasteiger partial charge in [-0.3, -0.25) is 9.59 Å². The van der Waals surface area contributed by atoms with Crippen LogP contribution in [-0.4, -0.2) is 31.5 Å². The highest BCUT2D eigenvalue weighted by atomic mass is 16.5. The first-order chi connectivity index (χ1) is 12.9. The lowest BCUT2D eigenvalue weighted by atomic mass is 10.1. The molecule has 2 aromatic carbocycles. The van der Waals surface area contributed by atoms with Crippen LogP contribution in [0.25, 0.3) is 0 Å². The van der Waals surface area contributed by atoms with Crippen molar-refractivity contribution in [3.8, 4) is 5.75 Å². The second-order valence-electron chi connectivity index (χ2n) is 6.56. The molecule has 3 rings (SSSR count). The molecular formula is C21H21NO5. The van der Waals surface area contributed by atoms with E-state index in [1.807, 2.05) is 32.0 Å². The van der Waals surface area contributed by atoms with E-state index >= 15 is 0 Å². The van der Waals surface area contributed by atoms with Crippen molar-refractivity contribution in [3.05, 3.63) is 59.2 Å². The van der Waals surface area contributed by atoms with Crippen LogP contribution in [0.3, 0.4) is 0 Å². The second kappa shape index (κ2) is 7.61. The van der Waals surface area contributed by atoms with Gasteiger partial charge >= 0.3 is 11.9 Å². The summed E-state index contributed by atoms with van der Waals surface area (Å²) < 4.78 is 10.0. The first-order valence-electron chi connectivity index (χ1n) is 8.67. The number of benzene rings is 2. The Morgan fingerprint density at radius 2 is 1.78 bits per heavy atom. The maximum atomic E-state index is 12.5. The first-order valence-corrected chi connectivity index (χ1v) is 8.67. The number of methoxy groups -OCH3 is 1. The summed E-state index contributed by atoms with van der Waals surface area (Å²) in [5, 5.41) is 0. The van der Waals surface area contributed by atoms with E-state index in [0.29, 0.717) is 17.9 Å².